The number of hydrogen-bond donors (Lipinski definition) is 2. The average Bonchev–Trinajstić information content (AvgIpc) is 2.43. The lowest BCUT2D eigenvalue weighted by Crippen LogP contribution is -2.38. The summed E-state index contributed by atoms with van der Waals surface area (Å²) in [5, 5.41) is 0.535. The van der Waals surface area contributed by atoms with Crippen molar-refractivity contribution in [3.8, 4) is 0 Å². The lowest BCUT2D eigenvalue weighted by atomic mass is 9.99. The van der Waals surface area contributed by atoms with E-state index in [9.17, 15) is 8.78 Å². The summed E-state index contributed by atoms with van der Waals surface area (Å²) in [5.74, 6) is 4.32. The minimum absolute atomic E-state index is 0.213. The third kappa shape index (κ3) is 3.72. The summed E-state index contributed by atoms with van der Waals surface area (Å²) in [6.07, 6.45) is 4.03. The van der Waals surface area contributed by atoms with Gasteiger partial charge < -0.3 is 0 Å². The Morgan fingerprint density at radius 3 is 2.60 bits per heavy atom. The minimum Gasteiger partial charge on any atom is -0.271 e. The molecule has 0 aliphatic rings. The molecule has 0 saturated heterocycles. The number of rotatable bonds is 5. The van der Waals surface area contributed by atoms with Gasteiger partial charge in [0.2, 0.25) is 0 Å². The Bertz CT molecular complexity index is 592. The Hall–Kier alpha value is -1.56. The molecule has 3 N–H and O–H groups in total. The molecular formula is C14H14ClF2N3. The van der Waals surface area contributed by atoms with Crippen LogP contribution >= 0.6 is 11.6 Å². The highest BCUT2D eigenvalue weighted by Gasteiger charge is 2.14. The van der Waals surface area contributed by atoms with Gasteiger partial charge in [0.1, 0.15) is 11.6 Å². The second-order valence-corrected chi connectivity index (χ2v) is 4.88. The van der Waals surface area contributed by atoms with Gasteiger partial charge in [0, 0.05) is 24.5 Å². The number of nitrogens with zero attached hydrogens (tertiary/aromatic N) is 1. The Kier molecular flexibility index (Phi) is 5.00. The van der Waals surface area contributed by atoms with Crippen LogP contribution in [0.3, 0.4) is 0 Å². The fraction of sp³-hybridized carbons (Fsp3) is 0.214. The Balaban J connectivity index is 2.11. The summed E-state index contributed by atoms with van der Waals surface area (Å²) in [4.78, 5) is 3.90. The molecule has 20 heavy (non-hydrogen) atoms. The fourth-order valence-corrected chi connectivity index (χ4v) is 2.17. The first-order chi connectivity index (χ1) is 9.60. The second kappa shape index (κ2) is 6.74. The zero-order chi connectivity index (χ0) is 14.5. The number of halogens is 3. The topological polar surface area (TPSA) is 50.9 Å². The molecule has 0 spiro atoms. The van der Waals surface area contributed by atoms with Crippen molar-refractivity contribution in [3.05, 3.63) is 64.4 Å². The molecule has 0 bridgehead atoms. The molecule has 1 aromatic carbocycles. The maximum Gasteiger partial charge on any atom is 0.129 e. The van der Waals surface area contributed by atoms with E-state index >= 15 is 0 Å². The first-order valence-electron chi connectivity index (χ1n) is 6.08. The molecule has 0 fully saturated rings. The predicted octanol–water partition coefficient (Wildman–Crippen LogP) is 2.63. The third-order valence-electron chi connectivity index (χ3n) is 3.04. The zero-order valence-electron chi connectivity index (χ0n) is 10.6. The molecule has 0 aliphatic carbocycles. The average molecular weight is 298 g/mol. The second-order valence-electron chi connectivity index (χ2n) is 4.47. The van der Waals surface area contributed by atoms with E-state index in [0.29, 0.717) is 23.4 Å². The largest absolute Gasteiger partial charge is 0.271 e. The molecule has 2 aromatic rings. The van der Waals surface area contributed by atoms with Crippen LogP contribution in [0.25, 0.3) is 0 Å². The molecule has 3 nitrogen and oxygen atoms in total. The van der Waals surface area contributed by atoms with Crippen LogP contribution in [0.15, 0.2) is 36.7 Å². The van der Waals surface area contributed by atoms with Crippen LogP contribution in [-0.2, 0) is 12.8 Å². The van der Waals surface area contributed by atoms with Gasteiger partial charge >= 0.3 is 0 Å². The van der Waals surface area contributed by atoms with Crippen molar-refractivity contribution in [1.29, 1.82) is 0 Å². The molecular weight excluding hydrogens is 284 g/mol. The summed E-state index contributed by atoms with van der Waals surface area (Å²) < 4.78 is 26.5. The van der Waals surface area contributed by atoms with Crippen molar-refractivity contribution in [2.75, 3.05) is 0 Å². The smallest absolute Gasteiger partial charge is 0.129 e. The zero-order valence-corrected chi connectivity index (χ0v) is 11.4. The molecule has 0 saturated carbocycles. The maximum atomic E-state index is 13.6. The van der Waals surface area contributed by atoms with Crippen LogP contribution in [0, 0.1) is 11.6 Å². The van der Waals surface area contributed by atoms with Crippen molar-refractivity contribution >= 4 is 11.6 Å². The summed E-state index contributed by atoms with van der Waals surface area (Å²) in [6.45, 7) is 0. The van der Waals surface area contributed by atoms with Crippen LogP contribution in [0.4, 0.5) is 8.78 Å². The van der Waals surface area contributed by atoms with Crippen LogP contribution in [0.5, 0.6) is 0 Å². The fourth-order valence-electron chi connectivity index (χ4n) is 1.98. The van der Waals surface area contributed by atoms with Crippen molar-refractivity contribution in [1.82, 2.24) is 10.4 Å². The summed E-state index contributed by atoms with van der Waals surface area (Å²) in [6, 6.07) is 5.08. The lowest BCUT2D eigenvalue weighted by molar-refractivity contribution is 0.502. The minimum atomic E-state index is -0.597. The molecule has 6 heteroatoms. The molecule has 1 unspecified atom stereocenters. The number of hydrazine groups is 1. The summed E-state index contributed by atoms with van der Waals surface area (Å²) >= 11 is 6.03. The van der Waals surface area contributed by atoms with E-state index in [2.05, 4.69) is 10.4 Å². The van der Waals surface area contributed by atoms with Crippen LogP contribution in [-0.4, -0.2) is 11.0 Å². The van der Waals surface area contributed by atoms with Crippen molar-refractivity contribution in [3.63, 3.8) is 0 Å². The van der Waals surface area contributed by atoms with E-state index < -0.39 is 11.6 Å². The van der Waals surface area contributed by atoms with Gasteiger partial charge in [-0.15, -0.1) is 0 Å². The number of nitrogens with one attached hydrogen (secondary N) is 1. The van der Waals surface area contributed by atoms with E-state index in [-0.39, 0.29) is 6.04 Å². The van der Waals surface area contributed by atoms with Gasteiger partial charge in [-0.1, -0.05) is 17.7 Å². The molecule has 0 amide bonds. The van der Waals surface area contributed by atoms with Crippen molar-refractivity contribution in [2.24, 2.45) is 5.84 Å². The highest BCUT2D eigenvalue weighted by molar-refractivity contribution is 6.31. The van der Waals surface area contributed by atoms with Gasteiger partial charge in [0.15, 0.2) is 0 Å². The van der Waals surface area contributed by atoms with Crippen LogP contribution < -0.4 is 11.3 Å². The molecule has 1 atom stereocenters. The molecule has 1 aromatic heterocycles. The highest BCUT2D eigenvalue weighted by atomic mass is 35.5. The van der Waals surface area contributed by atoms with Gasteiger partial charge in [-0.05, 0) is 36.1 Å². The van der Waals surface area contributed by atoms with Gasteiger partial charge in [-0.3, -0.25) is 16.3 Å². The normalized spacial score (nSPS) is 12.4. The predicted molar refractivity (Wildman–Crippen MR) is 74.1 cm³/mol. The SMILES string of the molecule is NNC(Cc1ccc(F)cc1F)Cc1ccncc1Cl. The maximum absolute atomic E-state index is 13.6. The Morgan fingerprint density at radius 1 is 1.20 bits per heavy atom. The van der Waals surface area contributed by atoms with E-state index in [4.69, 9.17) is 17.4 Å². The Morgan fingerprint density at radius 2 is 1.95 bits per heavy atom. The summed E-state index contributed by atoms with van der Waals surface area (Å²) in [7, 11) is 0. The number of aromatic nitrogens is 1. The number of nitrogens with two attached hydrogens (primary N) is 1. The van der Waals surface area contributed by atoms with Crippen molar-refractivity contribution in [2.45, 2.75) is 18.9 Å². The third-order valence-corrected chi connectivity index (χ3v) is 3.38. The molecule has 0 aliphatic heterocycles. The first-order valence-corrected chi connectivity index (χ1v) is 6.46. The van der Waals surface area contributed by atoms with Crippen LogP contribution in [0.1, 0.15) is 11.1 Å². The van der Waals surface area contributed by atoms with E-state index in [1.54, 1.807) is 18.5 Å². The quantitative estimate of drug-likeness (QED) is 0.659. The molecule has 1 heterocycles. The summed E-state index contributed by atoms with van der Waals surface area (Å²) in [5.41, 5.74) is 3.90. The standard InChI is InChI=1S/C14H14ClF2N3/c15-13-8-19-4-3-9(13)5-12(20-18)6-10-1-2-11(16)7-14(10)17/h1-4,7-8,12,20H,5-6,18H2. The van der Waals surface area contributed by atoms with E-state index in [1.165, 1.54) is 12.1 Å². The van der Waals surface area contributed by atoms with E-state index in [0.717, 1.165) is 11.6 Å². The lowest BCUT2D eigenvalue weighted by Gasteiger charge is -2.17. The highest BCUT2D eigenvalue weighted by Crippen LogP contribution is 2.18. The van der Waals surface area contributed by atoms with Crippen molar-refractivity contribution < 1.29 is 8.78 Å². The van der Waals surface area contributed by atoms with Gasteiger partial charge in [-0.25, -0.2) is 8.78 Å². The van der Waals surface area contributed by atoms with Gasteiger partial charge in [-0.2, -0.15) is 0 Å². The molecule has 0 radical (unpaired) electrons. The number of pyridine rings is 1. The number of benzene rings is 1. The Labute approximate surface area is 120 Å². The monoisotopic (exact) mass is 297 g/mol. The van der Waals surface area contributed by atoms with Gasteiger partial charge in [0.25, 0.3) is 0 Å². The molecule has 2 rings (SSSR count). The van der Waals surface area contributed by atoms with E-state index in [1.807, 2.05) is 0 Å². The van der Waals surface area contributed by atoms with Crippen LogP contribution in [0.2, 0.25) is 5.02 Å². The number of hydrogen-bond acceptors (Lipinski definition) is 3. The molecule has 106 valence electrons. The van der Waals surface area contributed by atoms with Gasteiger partial charge in [0.05, 0.1) is 5.02 Å². The first kappa shape index (κ1) is 14.8.